The summed E-state index contributed by atoms with van der Waals surface area (Å²) in [7, 11) is 0. The maximum Gasteiger partial charge on any atom is 0.416 e. The first-order valence-electron chi connectivity index (χ1n) is 8.65. The average molecular weight is 390 g/mol. The number of carbonyl (C=O) groups is 1. The second-order valence-corrected chi connectivity index (χ2v) is 7.01. The topological polar surface area (TPSA) is 62.1 Å². The van der Waals surface area contributed by atoms with Crippen molar-refractivity contribution in [3.63, 3.8) is 0 Å². The van der Waals surface area contributed by atoms with Crippen LogP contribution in [0, 0.1) is 11.3 Å². The summed E-state index contributed by atoms with van der Waals surface area (Å²) in [6.07, 6.45) is -4.11. The van der Waals surface area contributed by atoms with Crippen LogP contribution in [0.2, 0.25) is 0 Å². The number of hydrogen-bond donors (Lipinski definition) is 1. The number of alkyl halides is 3. The van der Waals surface area contributed by atoms with E-state index in [1.165, 1.54) is 6.07 Å². The van der Waals surface area contributed by atoms with Crippen LogP contribution in [-0.4, -0.2) is 19.1 Å². The largest absolute Gasteiger partial charge is 0.484 e. The Kier molecular flexibility index (Phi) is 6.68. The highest BCUT2D eigenvalue weighted by atomic mass is 19.4. The summed E-state index contributed by atoms with van der Waals surface area (Å²) >= 11 is 0. The first-order valence-corrected chi connectivity index (χ1v) is 8.65. The molecule has 4 nitrogen and oxygen atoms in total. The molecule has 1 N–H and O–H groups in total. The van der Waals surface area contributed by atoms with Crippen LogP contribution in [0.25, 0.3) is 0 Å². The third kappa shape index (κ3) is 6.02. The minimum Gasteiger partial charge on any atom is -0.484 e. The van der Waals surface area contributed by atoms with E-state index in [0.717, 1.165) is 17.7 Å². The summed E-state index contributed by atoms with van der Waals surface area (Å²) in [6.45, 7) is 3.48. The Morgan fingerprint density at radius 2 is 1.75 bits per heavy atom. The molecule has 0 spiro atoms. The van der Waals surface area contributed by atoms with Gasteiger partial charge in [0.2, 0.25) is 0 Å². The van der Waals surface area contributed by atoms with Crippen LogP contribution in [0.5, 0.6) is 5.75 Å². The molecule has 0 saturated heterocycles. The minimum absolute atomic E-state index is 0.164. The monoisotopic (exact) mass is 390 g/mol. The van der Waals surface area contributed by atoms with E-state index in [9.17, 15) is 18.0 Å². The van der Waals surface area contributed by atoms with Crippen LogP contribution < -0.4 is 10.1 Å². The van der Waals surface area contributed by atoms with Crippen molar-refractivity contribution in [2.45, 2.75) is 31.9 Å². The first kappa shape index (κ1) is 21.3. The molecule has 0 atom stereocenters. The Morgan fingerprint density at radius 1 is 1.11 bits per heavy atom. The molecule has 0 saturated carbocycles. The molecule has 0 fully saturated rings. The summed E-state index contributed by atoms with van der Waals surface area (Å²) in [5.74, 6) is 0.120. The molecule has 0 aliphatic heterocycles. The highest BCUT2D eigenvalue weighted by Gasteiger charge is 2.32. The van der Waals surface area contributed by atoms with Crippen LogP contribution in [0.4, 0.5) is 13.2 Å². The Labute approximate surface area is 161 Å². The molecule has 28 heavy (non-hydrogen) atoms. The minimum atomic E-state index is -4.41. The van der Waals surface area contributed by atoms with Crippen molar-refractivity contribution in [3.05, 3.63) is 65.2 Å². The fourth-order valence-electron chi connectivity index (χ4n) is 2.53. The number of rotatable bonds is 7. The predicted octanol–water partition coefficient (Wildman–Crippen LogP) is 4.24. The van der Waals surface area contributed by atoms with Crippen LogP contribution in [0.3, 0.4) is 0 Å². The average Bonchev–Trinajstić information content (AvgIpc) is 2.65. The zero-order chi connectivity index (χ0) is 20.8. The van der Waals surface area contributed by atoms with Gasteiger partial charge in [0.25, 0.3) is 5.91 Å². The van der Waals surface area contributed by atoms with Gasteiger partial charge in [0, 0.05) is 12.0 Å². The van der Waals surface area contributed by atoms with Gasteiger partial charge in [-0.3, -0.25) is 4.79 Å². The molecule has 1 amide bonds. The number of ether oxygens (including phenoxy) is 1. The first-order chi connectivity index (χ1) is 13.1. The van der Waals surface area contributed by atoms with Crippen LogP contribution in [0.1, 0.15) is 30.5 Å². The van der Waals surface area contributed by atoms with E-state index in [1.54, 1.807) is 44.2 Å². The molecule has 0 radical (unpaired) electrons. The third-order valence-corrected chi connectivity index (χ3v) is 4.28. The van der Waals surface area contributed by atoms with E-state index in [-0.39, 0.29) is 19.1 Å². The molecule has 0 heterocycles. The summed E-state index contributed by atoms with van der Waals surface area (Å²) in [5.41, 5.74) is -0.0677. The zero-order valence-corrected chi connectivity index (χ0v) is 15.6. The van der Waals surface area contributed by atoms with E-state index in [4.69, 9.17) is 10.00 Å². The smallest absolute Gasteiger partial charge is 0.416 e. The number of benzene rings is 2. The van der Waals surface area contributed by atoms with E-state index in [1.807, 2.05) is 6.07 Å². The van der Waals surface area contributed by atoms with Gasteiger partial charge in [-0.1, -0.05) is 44.2 Å². The number of nitrogens with zero attached hydrogens (tertiary/aromatic N) is 1. The summed E-state index contributed by atoms with van der Waals surface area (Å²) in [5, 5.41) is 11.3. The van der Waals surface area contributed by atoms with Gasteiger partial charge in [0.1, 0.15) is 5.75 Å². The van der Waals surface area contributed by atoms with E-state index in [0.29, 0.717) is 17.7 Å². The fourth-order valence-corrected chi connectivity index (χ4v) is 2.53. The van der Waals surface area contributed by atoms with Gasteiger partial charge < -0.3 is 10.1 Å². The molecule has 0 aromatic heterocycles. The summed E-state index contributed by atoms with van der Waals surface area (Å²) < 4.78 is 44.1. The number of nitriles is 1. The molecule has 0 unspecified atom stereocenters. The third-order valence-electron chi connectivity index (χ3n) is 4.28. The van der Waals surface area contributed by atoms with Crippen molar-refractivity contribution in [1.82, 2.24) is 5.32 Å². The number of carbonyl (C=O) groups excluding carboxylic acids is 1. The lowest BCUT2D eigenvalue weighted by Crippen LogP contribution is -2.39. The molecule has 2 rings (SSSR count). The second kappa shape index (κ2) is 8.79. The van der Waals surface area contributed by atoms with E-state index in [2.05, 4.69) is 5.32 Å². The Balaban J connectivity index is 1.90. The second-order valence-electron chi connectivity index (χ2n) is 7.01. The standard InChI is InChI=1S/C21H21F3N2O2/c1-20(2,16-4-3-5-17(12-16)21(22,23)24)14-26-19(27)13-28-18-8-6-15(7-9-18)10-11-25/h3-9,12H,10,13-14H2,1-2H3,(H,26,27). The lowest BCUT2D eigenvalue weighted by Gasteiger charge is -2.26. The molecule has 2 aromatic rings. The van der Waals surface area contributed by atoms with Gasteiger partial charge in [0.15, 0.2) is 6.61 Å². The normalized spacial score (nSPS) is 11.6. The van der Waals surface area contributed by atoms with E-state index >= 15 is 0 Å². The van der Waals surface area contributed by atoms with Crippen molar-refractivity contribution in [3.8, 4) is 11.8 Å². The van der Waals surface area contributed by atoms with Crippen molar-refractivity contribution in [2.24, 2.45) is 0 Å². The van der Waals surface area contributed by atoms with Gasteiger partial charge in [-0.15, -0.1) is 0 Å². The Morgan fingerprint density at radius 3 is 2.36 bits per heavy atom. The number of amides is 1. The lowest BCUT2D eigenvalue weighted by atomic mass is 9.83. The van der Waals surface area contributed by atoms with E-state index < -0.39 is 17.2 Å². The van der Waals surface area contributed by atoms with Gasteiger partial charge in [-0.2, -0.15) is 18.4 Å². The SMILES string of the molecule is CC(C)(CNC(=O)COc1ccc(CC#N)cc1)c1cccc(C(F)(F)F)c1. The number of nitrogens with one attached hydrogen (secondary N) is 1. The Bertz CT molecular complexity index is 853. The quantitative estimate of drug-likeness (QED) is 0.769. The van der Waals surface area contributed by atoms with Crippen LogP contribution in [0.15, 0.2) is 48.5 Å². The molecule has 7 heteroatoms. The Hall–Kier alpha value is -3.01. The molecular weight excluding hydrogens is 369 g/mol. The lowest BCUT2D eigenvalue weighted by molar-refractivity contribution is -0.137. The van der Waals surface area contributed by atoms with Crippen LogP contribution in [-0.2, 0) is 22.8 Å². The highest BCUT2D eigenvalue weighted by molar-refractivity contribution is 5.77. The predicted molar refractivity (Wildman–Crippen MR) is 98.7 cm³/mol. The van der Waals surface area contributed by atoms with Crippen molar-refractivity contribution in [2.75, 3.05) is 13.2 Å². The fraction of sp³-hybridized carbons (Fsp3) is 0.333. The van der Waals surface area contributed by atoms with Gasteiger partial charge in [0.05, 0.1) is 18.1 Å². The summed E-state index contributed by atoms with van der Waals surface area (Å²) in [4.78, 5) is 12.0. The van der Waals surface area contributed by atoms with Crippen LogP contribution >= 0.6 is 0 Å². The van der Waals surface area contributed by atoms with Crippen molar-refractivity contribution < 1.29 is 22.7 Å². The highest BCUT2D eigenvalue weighted by Crippen LogP contribution is 2.32. The molecule has 148 valence electrons. The van der Waals surface area contributed by atoms with Gasteiger partial charge in [-0.05, 0) is 29.3 Å². The molecule has 0 aliphatic rings. The molecular formula is C21H21F3N2O2. The number of hydrogen-bond acceptors (Lipinski definition) is 3. The zero-order valence-electron chi connectivity index (χ0n) is 15.6. The van der Waals surface area contributed by atoms with Gasteiger partial charge >= 0.3 is 6.18 Å². The van der Waals surface area contributed by atoms with Crippen molar-refractivity contribution in [1.29, 1.82) is 5.26 Å². The maximum absolute atomic E-state index is 12.9. The van der Waals surface area contributed by atoms with Crippen molar-refractivity contribution >= 4 is 5.91 Å². The molecule has 0 bridgehead atoms. The number of halogens is 3. The maximum atomic E-state index is 12.9. The van der Waals surface area contributed by atoms with Gasteiger partial charge in [-0.25, -0.2) is 0 Å². The summed E-state index contributed by atoms with van der Waals surface area (Å²) in [6, 6.07) is 14.0. The molecule has 2 aromatic carbocycles. The molecule has 0 aliphatic carbocycles.